The highest BCUT2D eigenvalue weighted by Gasteiger charge is 2.17. The molecule has 32 heavy (non-hydrogen) atoms. The van der Waals surface area contributed by atoms with Gasteiger partial charge >= 0.3 is 0 Å². The lowest BCUT2D eigenvalue weighted by Crippen LogP contribution is -2.30. The Kier molecular flexibility index (Phi) is 6.81. The summed E-state index contributed by atoms with van der Waals surface area (Å²) in [6.45, 7) is 3.84. The van der Waals surface area contributed by atoms with Crippen LogP contribution >= 0.6 is 15.9 Å². The topological polar surface area (TPSA) is 117 Å². The molecule has 1 unspecified atom stereocenters. The van der Waals surface area contributed by atoms with Gasteiger partial charge in [0.1, 0.15) is 5.56 Å². The van der Waals surface area contributed by atoms with Crippen LogP contribution in [0.2, 0.25) is 0 Å². The van der Waals surface area contributed by atoms with Crippen LogP contribution in [0.4, 0.5) is 0 Å². The van der Waals surface area contributed by atoms with E-state index in [1.807, 2.05) is 13.0 Å². The first-order valence-corrected chi connectivity index (χ1v) is 11.9. The number of carbonyl (C=O) groups excluding carboxylic acids is 1. The van der Waals surface area contributed by atoms with Crippen LogP contribution in [0.1, 0.15) is 27.2 Å². The SMILES string of the molecule is C=S(=O)(NC#N)c1ccc(CNC(=O)c2cn(-c3cncc(C)c3)c(C)c(Br)c2=O)cc1. The van der Waals surface area contributed by atoms with Crippen molar-refractivity contribution in [3.8, 4) is 11.9 Å². The molecule has 3 aromatic rings. The van der Waals surface area contributed by atoms with Crippen LogP contribution in [-0.4, -0.2) is 25.5 Å². The van der Waals surface area contributed by atoms with Gasteiger partial charge in [-0.1, -0.05) is 12.1 Å². The van der Waals surface area contributed by atoms with Gasteiger partial charge < -0.3 is 9.88 Å². The molecule has 10 heteroatoms. The number of pyridine rings is 2. The van der Waals surface area contributed by atoms with Crippen molar-refractivity contribution in [1.29, 1.82) is 5.26 Å². The zero-order valence-electron chi connectivity index (χ0n) is 17.4. The van der Waals surface area contributed by atoms with E-state index in [0.29, 0.717) is 15.1 Å². The van der Waals surface area contributed by atoms with E-state index in [4.69, 9.17) is 5.26 Å². The molecule has 164 valence electrons. The van der Waals surface area contributed by atoms with Crippen molar-refractivity contribution in [3.05, 3.63) is 86.0 Å². The predicted octanol–water partition coefficient (Wildman–Crippen LogP) is 2.60. The van der Waals surface area contributed by atoms with Crippen LogP contribution in [0.3, 0.4) is 0 Å². The predicted molar refractivity (Wildman–Crippen MR) is 127 cm³/mol. The summed E-state index contributed by atoms with van der Waals surface area (Å²) in [6, 6.07) is 8.38. The van der Waals surface area contributed by atoms with Crippen LogP contribution in [0.15, 0.2) is 63.1 Å². The molecule has 2 N–H and O–H groups in total. The molecule has 0 aliphatic carbocycles. The Bertz CT molecular complexity index is 1390. The molecule has 0 saturated heterocycles. The largest absolute Gasteiger partial charge is 0.348 e. The molecule has 2 aromatic heterocycles. The second-order valence-electron chi connectivity index (χ2n) is 7.08. The molecule has 0 bridgehead atoms. The third-order valence-electron chi connectivity index (χ3n) is 4.73. The van der Waals surface area contributed by atoms with Crippen LogP contribution < -0.4 is 15.5 Å². The standard InChI is InChI=1S/C22H20BrN5O3S/c1-14-8-17(11-25-9-14)28-12-19(21(29)20(23)15(28)2)22(30)26-10-16-4-6-18(7-5-16)32(3,31)27-13-24/h4-9,11-12H,3,10H2,1-2H3,(H,26,30)(H,27,31). The van der Waals surface area contributed by atoms with Crippen molar-refractivity contribution in [3.63, 3.8) is 0 Å². The number of benzene rings is 1. The number of carbonyl (C=O) groups is 1. The van der Waals surface area contributed by atoms with E-state index in [9.17, 15) is 13.8 Å². The number of hydrogen-bond acceptors (Lipinski definition) is 5. The lowest BCUT2D eigenvalue weighted by Gasteiger charge is -2.15. The fourth-order valence-electron chi connectivity index (χ4n) is 3.01. The molecular formula is C22H20BrN5O3S. The minimum absolute atomic E-state index is 0.0143. The Morgan fingerprint density at radius 3 is 2.59 bits per heavy atom. The molecule has 0 spiro atoms. The van der Waals surface area contributed by atoms with Gasteiger partial charge in [0, 0.05) is 24.6 Å². The number of nitriles is 1. The number of aryl methyl sites for hydroxylation is 1. The Labute approximate surface area is 194 Å². The third kappa shape index (κ3) is 4.90. The summed E-state index contributed by atoms with van der Waals surface area (Å²) in [5, 5.41) is 11.4. The summed E-state index contributed by atoms with van der Waals surface area (Å²) in [4.78, 5) is 30.0. The summed E-state index contributed by atoms with van der Waals surface area (Å²) < 4.78 is 16.5. The first-order chi connectivity index (χ1) is 15.1. The summed E-state index contributed by atoms with van der Waals surface area (Å²) in [5.74, 6) is 2.99. The monoisotopic (exact) mass is 513 g/mol. The number of nitrogens with one attached hydrogen (secondary N) is 2. The van der Waals surface area contributed by atoms with Gasteiger partial charge in [-0.15, -0.1) is 0 Å². The van der Waals surface area contributed by atoms with Crippen molar-refractivity contribution in [2.45, 2.75) is 25.3 Å². The molecule has 3 rings (SSSR count). The molecule has 1 atom stereocenters. The van der Waals surface area contributed by atoms with E-state index in [0.717, 1.165) is 16.8 Å². The molecule has 0 aliphatic heterocycles. The highest BCUT2D eigenvalue weighted by molar-refractivity contribution is 9.10. The average Bonchev–Trinajstić information content (AvgIpc) is 2.76. The molecule has 0 saturated carbocycles. The van der Waals surface area contributed by atoms with E-state index < -0.39 is 21.0 Å². The lowest BCUT2D eigenvalue weighted by molar-refractivity contribution is 0.0949. The maximum Gasteiger partial charge on any atom is 0.257 e. The van der Waals surface area contributed by atoms with Gasteiger partial charge in [-0.25, -0.2) is 8.93 Å². The van der Waals surface area contributed by atoms with Crippen LogP contribution in [0, 0.1) is 25.3 Å². The van der Waals surface area contributed by atoms with E-state index in [-0.39, 0.29) is 12.1 Å². The van der Waals surface area contributed by atoms with Crippen molar-refractivity contribution < 1.29 is 9.00 Å². The summed E-state index contributed by atoms with van der Waals surface area (Å²) >= 11 is 3.30. The number of nitrogens with zero attached hydrogens (tertiary/aromatic N) is 3. The van der Waals surface area contributed by atoms with Gasteiger partial charge in [0.05, 0.1) is 31.0 Å². The van der Waals surface area contributed by atoms with Gasteiger partial charge in [-0.2, -0.15) is 5.26 Å². The highest BCUT2D eigenvalue weighted by atomic mass is 79.9. The van der Waals surface area contributed by atoms with E-state index in [2.05, 4.69) is 36.8 Å². The van der Waals surface area contributed by atoms with Crippen LogP contribution in [-0.2, 0) is 16.3 Å². The minimum Gasteiger partial charge on any atom is -0.348 e. The third-order valence-corrected chi connectivity index (χ3v) is 7.12. The number of halogens is 1. The van der Waals surface area contributed by atoms with Crippen molar-refractivity contribution in [2.24, 2.45) is 0 Å². The molecule has 8 nitrogen and oxygen atoms in total. The zero-order chi connectivity index (χ0) is 23.5. The van der Waals surface area contributed by atoms with Gasteiger partial charge in [0.2, 0.25) is 5.43 Å². The average molecular weight is 514 g/mol. The van der Waals surface area contributed by atoms with Gasteiger partial charge in [0.25, 0.3) is 5.91 Å². The molecule has 2 heterocycles. The Hall–Kier alpha value is -3.42. The summed E-state index contributed by atoms with van der Waals surface area (Å²) in [7, 11) is -2.90. The first-order valence-electron chi connectivity index (χ1n) is 9.38. The van der Waals surface area contributed by atoms with Crippen LogP contribution in [0.5, 0.6) is 0 Å². The fraction of sp³-hybridized carbons (Fsp3) is 0.136. The number of amides is 1. The normalized spacial score (nSPS) is 12.4. The molecule has 1 aromatic carbocycles. The Balaban J connectivity index is 1.84. The molecule has 0 aliphatic rings. The Morgan fingerprint density at radius 1 is 1.28 bits per heavy atom. The van der Waals surface area contributed by atoms with E-state index in [1.54, 1.807) is 54.3 Å². The lowest BCUT2D eigenvalue weighted by atomic mass is 10.2. The smallest absolute Gasteiger partial charge is 0.257 e. The quantitative estimate of drug-likeness (QED) is 0.298. The second kappa shape index (κ2) is 9.38. The molecule has 0 fully saturated rings. The first kappa shape index (κ1) is 23.2. The van der Waals surface area contributed by atoms with Crippen molar-refractivity contribution >= 4 is 37.4 Å². The van der Waals surface area contributed by atoms with E-state index in [1.165, 1.54) is 6.20 Å². The molecule has 1 amide bonds. The molecular weight excluding hydrogens is 494 g/mol. The van der Waals surface area contributed by atoms with Gasteiger partial charge in [0.15, 0.2) is 6.19 Å². The summed E-state index contributed by atoms with van der Waals surface area (Å²) in [5.41, 5.74) is 2.63. The van der Waals surface area contributed by atoms with E-state index >= 15 is 0 Å². The van der Waals surface area contributed by atoms with Crippen molar-refractivity contribution in [2.75, 3.05) is 0 Å². The second-order valence-corrected chi connectivity index (χ2v) is 9.90. The Morgan fingerprint density at radius 2 is 1.97 bits per heavy atom. The number of hydrogen-bond donors (Lipinski definition) is 2. The number of rotatable bonds is 6. The van der Waals surface area contributed by atoms with Crippen molar-refractivity contribution in [1.82, 2.24) is 19.6 Å². The zero-order valence-corrected chi connectivity index (χ0v) is 19.8. The minimum atomic E-state index is -2.90. The fourth-order valence-corrected chi connectivity index (χ4v) is 4.26. The summed E-state index contributed by atoms with van der Waals surface area (Å²) in [6.07, 6.45) is 6.51. The maximum absolute atomic E-state index is 12.8. The maximum atomic E-state index is 12.8. The van der Waals surface area contributed by atoms with Gasteiger partial charge in [-0.05, 0) is 65.0 Å². The van der Waals surface area contributed by atoms with Gasteiger partial charge in [-0.3, -0.25) is 14.6 Å². The molecule has 0 radical (unpaired) electrons. The highest BCUT2D eigenvalue weighted by Crippen LogP contribution is 2.18. The number of aromatic nitrogens is 2. The van der Waals surface area contributed by atoms with Crippen LogP contribution in [0.25, 0.3) is 5.69 Å².